The Morgan fingerprint density at radius 3 is 2.38 bits per heavy atom. The van der Waals surface area contributed by atoms with Crippen LogP contribution in [-0.2, 0) is 19.1 Å². The number of aliphatic hydroxyl groups is 1. The molecule has 5 rings (SSSR count). The quantitative estimate of drug-likeness (QED) is 0.587. The van der Waals surface area contributed by atoms with Gasteiger partial charge in [-0.25, -0.2) is 0 Å². The van der Waals surface area contributed by atoms with Crippen LogP contribution in [-0.4, -0.2) is 88.8 Å². The van der Waals surface area contributed by atoms with E-state index in [0.717, 1.165) is 0 Å². The molecule has 1 unspecified atom stereocenters. The lowest BCUT2D eigenvalue weighted by molar-refractivity contribution is -0.152. The molecule has 1 aromatic carbocycles. The Kier molecular flexibility index (Phi) is 6.40. The monoisotopic (exact) mass is 509 g/mol. The lowest BCUT2D eigenvalue weighted by atomic mass is 9.74. The maximum atomic E-state index is 14.2. The van der Waals surface area contributed by atoms with Crippen LogP contribution in [0.5, 0.6) is 5.75 Å². The summed E-state index contributed by atoms with van der Waals surface area (Å²) in [5.41, 5.74) is -1.71. The Morgan fingerprint density at radius 2 is 1.73 bits per heavy atom. The van der Waals surface area contributed by atoms with Crippen molar-refractivity contribution in [2.45, 2.75) is 51.0 Å². The predicted octanol–water partition coefficient (Wildman–Crippen LogP) is 1.76. The molecule has 198 valence electrons. The lowest BCUT2D eigenvalue weighted by Crippen LogP contribution is -2.57. The van der Waals surface area contributed by atoms with Gasteiger partial charge in [-0.1, -0.05) is 24.3 Å². The summed E-state index contributed by atoms with van der Waals surface area (Å²) in [6.07, 6.45) is 7.44. The molecular weight excluding hydrogens is 474 g/mol. The third kappa shape index (κ3) is 3.78. The number of likely N-dealkylation sites (tertiary alicyclic amines) is 1. The highest BCUT2D eigenvalue weighted by molar-refractivity contribution is 6.04. The SMILES string of the molecule is CCOc1ccc(N2CC=C[C@@]3(C)O[C@]45C=CCN(C(C)C)C(=O)C4N(CCO)C(=O)[C@@H]5[C@H]3C2=O)cc1. The van der Waals surface area contributed by atoms with Crippen molar-refractivity contribution >= 4 is 23.4 Å². The first-order chi connectivity index (χ1) is 17.7. The van der Waals surface area contributed by atoms with Crippen molar-refractivity contribution in [1.82, 2.24) is 9.80 Å². The Morgan fingerprint density at radius 1 is 1.03 bits per heavy atom. The van der Waals surface area contributed by atoms with Crippen molar-refractivity contribution in [2.24, 2.45) is 11.8 Å². The van der Waals surface area contributed by atoms with Crippen LogP contribution in [0.1, 0.15) is 27.7 Å². The van der Waals surface area contributed by atoms with Crippen molar-refractivity contribution in [3.8, 4) is 5.75 Å². The summed E-state index contributed by atoms with van der Waals surface area (Å²) in [6, 6.07) is 6.26. The number of rotatable bonds is 6. The summed E-state index contributed by atoms with van der Waals surface area (Å²) in [5, 5.41) is 9.78. The molecule has 0 saturated carbocycles. The molecule has 5 atom stereocenters. The van der Waals surface area contributed by atoms with E-state index in [1.54, 1.807) is 9.80 Å². The van der Waals surface area contributed by atoms with E-state index in [1.165, 1.54) is 4.90 Å². The van der Waals surface area contributed by atoms with Crippen LogP contribution in [0.2, 0.25) is 0 Å². The van der Waals surface area contributed by atoms with Crippen LogP contribution in [0.25, 0.3) is 0 Å². The first kappa shape index (κ1) is 25.5. The molecule has 0 aromatic heterocycles. The van der Waals surface area contributed by atoms with E-state index in [9.17, 15) is 19.5 Å². The zero-order chi connectivity index (χ0) is 26.5. The molecule has 2 saturated heterocycles. The number of β-amino-alcohol motifs (C(OH)–C–C–N with tert-alkyl or cyclic N) is 1. The van der Waals surface area contributed by atoms with Crippen molar-refractivity contribution in [3.63, 3.8) is 0 Å². The second kappa shape index (κ2) is 9.29. The van der Waals surface area contributed by atoms with Crippen molar-refractivity contribution in [2.75, 3.05) is 37.7 Å². The third-order valence-corrected chi connectivity index (χ3v) is 8.01. The highest BCUT2D eigenvalue weighted by Gasteiger charge is 2.74. The van der Waals surface area contributed by atoms with Gasteiger partial charge in [0.25, 0.3) is 0 Å². The minimum absolute atomic E-state index is 0.00725. The highest BCUT2D eigenvalue weighted by atomic mass is 16.5. The summed E-state index contributed by atoms with van der Waals surface area (Å²) in [5.74, 6) is -1.85. The standard InChI is InChI=1S/C28H35N3O6/c1-5-36-20-10-8-19(9-11-20)30-15-6-12-27(4)21(24(30)33)22-25(34)31(16-17-32)23-26(35)29(18(2)3)14-7-13-28(22,23)37-27/h6-13,18,21-23,32H,5,14-17H2,1-4H3/t21-,22-,23?,27+,28-/m0/s1. The van der Waals surface area contributed by atoms with E-state index < -0.39 is 29.1 Å². The average Bonchev–Trinajstić information content (AvgIpc) is 3.11. The number of ether oxygens (including phenoxy) is 2. The largest absolute Gasteiger partial charge is 0.494 e. The molecule has 1 N–H and O–H groups in total. The van der Waals surface area contributed by atoms with Crippen LogP contribution >= 0.6 is 0 Å². The Hall–Kier alpha value is -3.17. The highest BCUT2D eigenvalue weighted by Crippen LogP contribution is 2.57. The van der Waals surface area contributed by atoms with Gasteiger partial charge in [-0.2, -0.15) is 0 Å². The van der Waals surface area contributed by atoms with Gasteiger partial charge in [0.2, 0.25) is 17.7 Å². The van der Waals surface area contributed by atoms with E-state index in [1.807, 2.05) is 76.3 Å². The molecule has 37 heavy (non-hydrogen) atoms. The number of benzene rings is 1. The van der Waals surface area contributed by atoms with Crippen molar-refractivity contribution in [1.29, 1.82) is 0 Å². The van der Waals surface area contributed by atoms with Crippen LogP contribution < -0.4 is 9.64 Å². The van der Waals surface area contributed by atoms with E-state index in [2.05, 4.69) is 0 Å². The van der Waals surface area contributed by atoms with Gasteiger partial charge in [-0.05, 0) is 52.0 Å². The minimum atomic E-state index is -1.31. The number of nitrogens with zero attached hydrogens (tertiary/aromatic N) is 3. The second-order valence-corrected chi connectivity index (χ2v) is 10.5. The van der Waals surface area contributed by atoms with Gasteiger partial charge >= 0.3 is 0 Å². The number of fused-ring (bicyclic) bond motifs is 2. The van der Waals surface area contributed by atoms with Gasteiger partial charge in [0.15, 0.2) is 0 Å². The van der Waals surface area contributed by atoms with Crippen molar-refractivity contribution < 1.29 is 29.0 Å². The van der Waals surface area contributed by atoms with Crippen LogP contribution in [0.15, 0.2) is 48.6 Å². The fourth-order valence-electron chi connectivity index (χ4n) is 6.47. The molecule has 3 amide bonds. The molecule has 9 nitrogen and oxygen atoms in total. The molecule has 0 bridgehead atoms. The minimum Gasteiger partial charge on any atom is -0.494 e. The topological polar surface area (TPSA) is 99.6 Å². The Balaban J connectivity index is 1.59. The molecule has 0 aliphatic carbocycles. The van der Waals surface area contributed by atoms with Crippen LogP contribution in [0, 0.1) is 11.8 Å². The fourth-order valence-corrected chi connectivity index (χ4v) is 6.47. The maximum Gasteiger partial charge on any atom is 0.249 e. The molecule has 4 aliphatic heterocycles. The first-order valence-electron chi connectivity index (χ1n) is 13.0. The van der Waals surface area contributed by atoms with Crippen LogP contribution in [0.3, 0.4) is 0 Å². The zero-order valence-corrected chi connectivity index (χ0v) is 21.8. The molecule has 4 heterocycles. The smallest absolute Gasteiger partial charge is 0.249 e. The Labute approximate surface area is 217 Å². The number of carbonyl (C=O) groups is 3. The number of carbonyl (C=O) groups excluding carboxylic acids is 3. The molecule has 1 spiro atoms. The number of amides is 3. The molecule has 0 radical (unpaired) electrons. The van der Waals surface area contributed by atoms with Gasteiger partial charge < -0.3 is 29.3 Å². The maximum absolute atomic E-state index is 14.2. The van der Waals surface area contributed by atoms with E-state index in [0.29, 0.717) is 31.1 Å². The van der Waals surface area contributed by atoms with Crippen molar-refractivity contribution in [3.05, 3.63) is 48.6 Å². The first-order valence-corrected chi connectivity index (χ1v) is 13.0. The van der Waals surface area contributed by atoms with E-state index >= 15 is 0 Å². The number of anilines is 1. The molecular formula is C28H35N3O6. The normalized spacial score (nSPS) is 33.0. The molecule has 2 fully saturated rings. The summed E-state index contributed by atoms with van der Waals surface area (Å²) < 4.78 is 12.3. The molecule has 9 heteroatoms. The molecule has 4 aliphatic rings. The van der Waals surface area contributed by atoms with Gasteiger partial charge in [0, 0.05) is 31.4 Å². The summed E-state index contributed by atoms with van der Waals surface area (Å²) in [6.45, 7) is 8.54. The van der Waals surface area contributed by atoms with Gasteiger partial charge in [0.1, 0.15) is 17.4 Å². The Bertz CT molecular complexity index is 1150. The van der Waals surface area contributed by atoms with Gasteiger partial charge in [0.05, 0.1) is 30.7 Å². The third-order valence-electron chi connectivity index (χ3n) is 8.01. The van der Waals surface area contributed by atoms with E-state index in [-0.39, 0.29) is 36.9 Å². The van der Waals surface area contributed by atoms with Crippen LogP contribution in [0.4, 0.5) is 5.69 Å². The van der Waals surface area contributed by atoms with Gasteiger partial charge in [-0.3, -0.25) is 14.4 Å². The second-order valence-electron chi connectivity index (χ2n) is 10.5. The number of hydrogen-bond donors (Lipinski definition) is 1. The van der Waals surface area contributed by atoms with E-state index in [4.69, 9.17) is 9.47 Å². The fraction of sp³-hybridized carbons (Fsp3) is 0.536. The predicted molar refractivity (Wildman–Crippen MR) is 137 cm³/mol. The molecule has 1 aromatic rings. The summed E-state index contributed by atoms with van der Waals surface area (Å²) in [4.78, 5) is 46.9. The van der Waals surface area contributed by atoms with Gasteiger partial charge in [-0.15, -0.1) is 0 Å². The number of hydrogen-bond acceptors (Lipinski definition) is 6. The average molecular weight is 510 g/mol. The zero-order valence-electron chi connectivity index (χ0n) is 21.8. The summed E-state index contributed by atoms with van der Waals surface area (Å²) >= 11 is 0. The summed E-state index contributed by atoms with van der Waals surface area (Å²) in [7, 11) is 0. The lowest BCUT2D eigenvalue weighted by Gasteiger charge is -2.38. The number of aliphatic hydroxyl groups excluding tert-OH is 1.